The second-order valence-electron chi connectivity index (χ2n) is 9.07. The zero-order valence-electron chi connectivity index (χ0n) is 22.9. The molecule has 0 saturated heterocycles. The molecule has 0 bridgehead atoms. The van der Waals surface area contributed by atoms with Crippen molar-refractivity contribution in [2.75, 3.05) is 31.3 Å². The maximum absolute atomic E-state index is 16.0. The first-order valence-corrected chi connectivity index (χ1v) is 14.3. The van der Waals surface area contributed by atoms with Crippen LogP contribution in [0.2, 0.25) is 5.02 Å². The number of rotatable bonds is 9. The van der Waals surface area contributed by atoms with Gasteiger partial charge >= 0.3 is 0 Å². The highest BCUT2D eigenvalue weighted by Gasteiger charge is 2.26. The van der Waals surface area contributed by atoms with Crippen LogP contribution in [0, 0.1) is 11.6 Å². The minimum atomic E-state index is -4.52. The van der Waals surface area contributed by atoms with Gasteiger partial charge in [0, 0.05) is 24.8 Å². The molecular weight excluding hydrogens is 606 g/mol. The molecule has 0 amide bonds. The van der Waals surface area contributed by atoms with Gasteiger partial charge in [-0.1, -0.05) is 23.7 Å². The van der Waals surface area contributed by atoms with E-state index in [1.165, 1.54) is 37.2 Å². The smallest absolute Gasteiger partial charge is 0.267 e. The van der Waals surface area contributed by atoms with Crippen molar-refractivity contribution in [3.05, 3.63) is 93.5 Å². The average Bonchev–Trinajstić information content (AvgIpc) is 3.00. The Bertz CT molecular complexity index is 2020. The fourth-order valence-electron chi connectivity index (χ4n) is 4.35. The lowest BCUT2D eigenvalue weighted by atomic mass is 10.0. The monoisotopic (exact) mass is 628 g/mol. The third kappa shape index (κ3) is 5.79. The summed E-state index contributed by atoms with van der Waals surface area (Å²) in [7, 11) is -0.200. The maximum Gasteiger partial charge on any atom is 0.267 e. The number of pyridine rings is 2. The van der Waals surface area contributed by atoms with E-state index >= 15 is 8.78 Å². The van der Waals surface area contributed by atoms with E-state index in [0.717, 1.165) is 18.2 Å². The molecule has 0 aliphatic carbocycles. The van der Waals surface area contributed by atoms with Crippen LogP contribution in [-0.4, -0.2) is 49.2 Å². The highest BCUT2D eigenvalue weighted by Crippen LogP contribution is 2.33. The van der Waals surface area contributed by atoms with Gasteiger partial charge < -0.3 is 14.8 Å². The molecule has 5 rings (SSSR count). The van der Waals surface area contributed by atoms with Gasteiger partial charge in [0.2, 0.25) is 11.8 Å². The van der Waals surface area contributed by atoms with Crippen LogP contribution < -0.4 is 25.1 Å². The molecular formula is C28H23ClF2N6O5S. The molecule has 0 fully saturated rings. The molecule has 3 heterocycles. The van der Waals surface area contributed by atoms with Crippen LogP contribution in [0.25, 0.3) is 22.2 Å². The number of sulfonamides is 1. The number of aromatic nitrogens is 4. The first-order valence-electron chi connectivity index (χ1n) is 12.5. The first kappa shape index (κ1) is 29.7. The predicted octanol–water partition coefficient (Wildman–Crippen LogP) is 4.69. The van der Waals surface area contributed by atoms with Gasteiger partial charge in [0.15, 0.2) is 10.7 Å². The average molecular weight is 629 g/mol. The van der Waals surface area contributed by atoms with Crippen molar-refractivity contribution in [2.45, 2.75) is 11.4 Å². The summed E-state index contributed by atoms with van der Waals surface area (Å²) in [5, 5.41) is 3.09. The van der Waals surface area contributed by atoms with Gasteiger partial charge in [-0.2, -0.15) is 4.98 Å². The number of fused-ring (bicyclic) bond motifs is 1. The summed E-state index contributed by atoms with van der Waals surface area (Å²) < 4.78 is 71.2. The molecule has 0 unspecified atom stereocenters. The Morgan fingerprint density at radius 2 is 1.74 bits per heavy atom. The minimum absolute atomic E-state index is 0.00947. The number of anilines is 2. The standard InChI is InChI=1S/C28H23ClF2N6O5S/c1-32-28-34-12-16-10-19(27(38)37(25(16)35-28)14-15-4-6-18(41-2)7-5-15)23-20(30)8-9-21(24(23)31)36-43(39,40)22-11-17(29)13-33-26(22)42-3/h4-13,36H,14H2,1-3H3,(H,32,34,35). The molecule has 5 aromatic rings. The lowest BCUT2D eigenvalue weighted by Gasteiger charge is -2.16. The van der Waals surface area contributed by atoms with Gasteiger partial charge in [0.1, 0.15) is 17.2 Å². The van der Waals surface area contributed by atoms with Gasteiger partial charge in [-0.3, -0.25) is 14.1 Å². The third-order valence-corrected chi connectivity index (χ3v) is 7.99. The molecule has 0 aliphatic rings. The Morgan fingerprint density at radius 3 is 2.42 bits per heavy atom. The fourth-order valence-corrected chi connectivity index (χ4v) is 5.78. The van der Waals surface area contributed by atoms with Crippen molar-refractivity contribution >= 4 is 44.3 Å². The Hall–Kier alpha value is -4.82. The highest BCUT2D eigenvalue weighted by atomic mass is 35.5. The number of nitrogens with zero attached hydrogens (tertiary/aromatic N) is 4. The van der Waals surface area contributed by atoms with Crippen molar-refractivity contribution in [3.63, 3.8) is 0 Å². The van der Waals surface area contributed by atoms with E-state index in [-0.39, 0.29) is 34.6 Å². The summed E-state index contributed by atoms with van der Waals surface area (Å²) >= 11 is 5.92. The van der Waals surface area contributed by atoms with Crippen LogP contribution in [0.1, 0.15) is 5.56 Å². The van der Waals surface area contributed by atoms with Crippen LogP contribution in [0.15, 0.2) is 70.6 Å². The molecule has 2 aromatic carbocycles. The zero-order chi connectivity index (χ0) is 30.9. The predicted molar refractivity (Wildman–Crippen MR) is 157 cm³/mol. The van der Waals surface area contributed by atoms with Crippen molar-refractivity contribution in [2.24, 2.45) is 0 Å². The van der Waals surface area contributed by atoms with E-state index in [9.17, 15) is 13.2 Å². The van der Waals surface area contributed by atoms with Crippen molar-refractivity contribution < 1.29 is 26.7 Å². The minimum Gasteiger partial charge on any atom is -0.497 e. The molecule has 0 saturated carbocycles. The number of halogens is 3. The number of hydrogen-bond donors (Lipinski definition) is 2. The molecule has 11 nitrogen and oxygen atoms in total. The summed E-state index contributed by atoms with van der Waals surface area (Å²) in [4.78, 5) is 25.8. The van der Waals surface area contributed by atoms with E-state index in [2.05, 4.69) is 25.0 Å². The molecule has 43 heavy (non-hydrogen) atoms. The number of ether oxygens (including phenoxy) is 2. The van der Waals surface area contributed by atoms with Crippen LogP contribution in [0.5, 0.6) is 11.6 Å². The molecule has 0 atom stereocenters. The summed E-state index contributed by atoms with van der Waals surface area (Å²) in [6, 6.07) is 11.0. The summed E-state index contributed by atoms with van der Waals surface area (Å²) in [5.74, 6) is -1.89. The van der Waals surface area contributed by atoms with E-state index < -0.39 is 43.4 Å². The molecule has 2 N–H and O–H groups in total. The lowest BCUT2D eigenvalue weighted by molar-refractivity contribution is 0.385. The molecule has 3 aromatic heterocycles. The van der Waals surface area contributed by atoms with Crippen LogP contribution in [0.4, 0.5) is 20.4 Å². The van der Waals surface area contributed by atoms with Gasteiger partial charge in [0.05, 0.1) is 42.6 Å². The van der Waals surface area contributed by atoms with Crippen LogP contribution >= 0.6 is 11.6 Å². The number of benzene rings is 2. The Morgan fingerprint density at radius 1 is 1.00 bits per heavy atom. The van der Waals surface area contributed by atoms with E-state index in [0.29, 0.717) is 16.7 Å². The van der Waals surface area contributed by atoms with E-state index in [1.807, 2.05) is 0 Å². The van der Waals surface area contributed by atoms with Crippen LogP contribution in [0.3, 0.4) is 0 Å². The van der Waals surface area contributed by atoms with Crippen molar-refractivity contribution in [3.8, 4) is 22.8 Å². The van der Waals surface area contributed by atoms with Crippen molar-refractivity contribution in [1.82, 2.24) is 19.5 Å². The maximum atomic E-state index is 16.0. The second kappa shape index (κ2) is 11.8. The second-order valence-corrected chi connectivity index (χ2v) is 11.2. The first-order chi connectivity index (χ1) is 20.6. The lowest BCUT2D eigenvalue weighted by Crippen LogP contribution is -2.25. The largest absolute Gasteiger partial charge is 0.497 e. The molecule has 0 spiro atoms. The Kier molecular flexibility index (Phi) is 8.15. The summed E-state index contributed by atoms with van der Waals surface area (Å²) in [6.45, 7) is -0.00947. The van der Waals surface area contributed by atoms with E-state index in [1.54, 1.807) is 31.3 Å². The number of hydrogen-bond acceptors (Lipinski definition) is 9. The van der Waals surface area contributed by atoms with Crippen molar-refractivity contribution in [1.29, 1.82) is 0 Å². The molecule has 0 radical (unpaired) electrons. The third-order valence-electron chi connectivity index (χ3n) is 6.42. The van der Waals surface area contributed by atoms with E-state index in [4.69, 9.17) is 21.1 Å². The molecule has 15 heteroatoms. The normalized spacial score (nSPS) is 11.4. The Labute approximate surface area is 249 Å². The van der Waals surface area contributed by atoms with Gasteiger partial charge in [0.25, 0.3) is 15.6 Å². The van der Waals surface area contributed by atoms with Crippen LogP contribution in [-0.2, 0) is 16.6 Å². The SMILES string of the molecule is CNc1ncc2cc(-c3c(F)ccc(NS(=O)(=O)c4cc(Cl)cnc4OC)c3F)c(=O)n(Cc3ccc(OC)cc3)c2n1. The fraction of sp³-hybridized carbons (Fsp3) is 0.143. The molecule has 0 aliphatic heterocycles. The van der Waals surface area contributed by atoms with Gasteiger partial charge in [-0.25, -0.2) is 27.2 Å². The number of nitrogens with one attached hydrogen (secondary N) is 2. The van der Waals surface area contributed by atoms with Gasteiger partial charge in [-0.05, 0) is 42.0 Å². The summed E-state index contributed by atoms with van der Waals surface area (Å²) in [6.07, 6.45) is 2.58. The zero-order valence-corrected chi connectivity index (χ0v) is 24.4. The number of methoxy groups -OCH3 is 2. The highest BCUT2D eigenvalue weighted by molar-refractivity contribution is 7.92. The quantitative estimate of drug-likeness (QED) is 0.238. The summed E-state index contributed by atoms with van der Waals surface area (Å²) in [5.41, 5.74) is -1.63. The van der Waals surface area contributed by atoms with Gasteiger partial charge in [-0.15, -0.1) is 0 Å². The molecule has 222 valence electrons. The Balaban J connectivity index is 1.67. The topological polar surface area (TPSA) is 137 Å².